The van der Waals surface area contributed by atoms with Crippen LogP contribution >= 0.6 is 0 Å². The molecule has 9 heteroatoms. The number of hydrogen-bond acceptors (Lipinski definition) is 5. The standard InChI is InChI=1S/C20H24N6O3/c1-13-7-5-6-8-17(13)12-24-10-9-18(23-24)21-20(27)14(2)11-25-16(4)19(26(28)29)15(3)22-25/h5-10,14H,11-12H2,1-4H3,(H,21,23,27). The average molecular weight is 396 g/mol. The lowest BCUT2D eigenvalue weighted by Gasteiger charge is -2.12. The largest absolute Gasteiger partial charge is 0.312 e. The first-order chi connectivity index (χ1) is 13.8. The molecule has 0 aliphatic rings. The van der Waals surface area contributed by atoms with Crippen molar-refractivity contribution in [1.82, 2.24) is 19.6 Å². The Labute approximate surface area is 168 Å². The minimum atomic E-state index is -0.444. The highest BCUT2D eigenvalue weighted by molar-refractivity contribution is 5.91. The number of hydrogen-bond donors (Lipinski definition) is 1. The minimum Gasteiger partial charge on any atom is -0.309 e. The first-order valence-electron chi connectivity index (χ1n) is 9.33. The van der Waals surface area contributed by atoms with Gasteiger partial charge < -0.3 is 5.32 Å². The van der Waals surface area contributed by atoms with Gasteiger partial charge in [0.05, 0.1) is 23.9 Å². The number of anilines is 1. The molecule has 152 valence electrons. The van der Waals surface area contributed by atoms with E-state index < -0.39 is 10.8 Å². The summed E-state index contributed by atoms with van der Waals surface area (Å²) in [7, 11) is 0. The molecular formula is C20H24N6O3. The molecule has 0 saturated carbocycles. The van der Waals surface area contributed by atoms with E-state index >= 15 is 0 Å². The average Bonchev–Trinajstić information content (AvgIpc) is 3.20. The summed E-state index contributed by atoms with van der Waals surface area (Å²) in [4.78, 5) is 23.2. The molecule has 0 fully saturated rings. The van der Waals surface area contributed by atoms with Gasteiger partial charge >= 0.3 is 5.69 Å². The number of nitrogens with zero attached hydrogens (tertiary/aromatic N) is 5. The van der Waals surface area contributed by atoms with E-state index in [4.69, 9.17) is 0 Å². The van der Waals surface area contributed by atoms with Crippen LogP contribution < -0.4 is 5.32 Å². The minimum absolute atomic E-state index is 0.00689. The van der Waals surface area contributed by atoms with E-state index in [0.717, 1.165) is 5.56 Å². The van der Waals surface area contributed by atoms with E-state index in [1.807, 2.05) is 37.4 Å². The quantitative estimate of drug-likeness (QED) is 0.487. The zero-order valence-corrected chi connectivity index (χ0v) is 16.9. The van der Waals surface area contributed by atoms with Gasteiger partial charge in [0.1, 0.15) is 11.4 Å². The van der Waals surface area contributed by atoms with E-state index in [2.05, 4.69) is 15.5 Å². The number of carbonyl (C=O) groups is 1. The Hall–Kier alpha value is -3.49. The van der Waals surface area contributed by atoms with Crippen molar-refractivity contribution in [2.24, 2.45) is 5.92 Å². The van der Waals surface area contributed by atoms with Crippen LogP contribution in [0.5, 0.6) is 0 Å². The third-order valence-corrected chi connectivity index (χ3v) is 4.91. The Balaban J connectivity index is 1.63. The molecule has 1 aromatic carbocycles. The van der Waals surface area contributed by atoms with E-state index in [-0.39, 0.29) is 18.1 Å². The number of nitro groups is 1. The number of benzene rings is 1. The van der Waals surface area contributed by atoms with Gasteiger partial charge in [0.15, 0.2) is 5.82 Å². The molecular weight excluding hydrogens is 372 g/mol. The molecule has 3 aromatic rings. The predicted molar refractivity (Wildman–Crippen MR) is 109 cm³/mol. The fourth-order valence-electron chi connectivity index (χ4n) is 3.20. The second-order valence-electron chi connectivity index (χ2n) is 7.17. The molecule has 1 atom stereocenters. The molecule has 2 aromatic heterocycles. The van der Waals surface area contributed by atoms with E-state index in [0.29, 0.717) is 23.8 Å². The molecule has 1 unspecified atom stereocenters. The third kappa shape index (κ3) is 4.50. The molecule has 9 nitrogen and oxygen atoms in total. The smallest absolute Gasteiger partial charge is 0.309 e. The van der Waals surface area contributed by atoms with Crippen LogP contribution in [0.15, 0.2) is 36.5 Å². The van der Waals surface area contributed by atoms with Gasteiger partial charge in [-0.05, 0) is 31.9 Å². The number of carbonyl (C=O) groups excluding carboxylic acids is 1. The van der Waals surface area contributed by atoms with E-state index in [1.165, 1.54) is 10.2 Å². The number of aromatic nitrogens is 4. The van der Waals surface area contributed by atoms with Gasteiger partial charge in [0.25, 0.3) is 0 Å². The lowest BCUT2D eigenvalue weighted by Crippen LogP contribution is -2.25. The summed E-state index contributed by atoms with van der Waals surface area (Å²) in [5.41, 5.74) is 3.12. The van der Waals surface area contributed by atoms with Crippen molar-refractivity contribution in [3.05, 3.63) is 69.2 Å². The van der Waals surface area contributed by atoms with Gasteiger partial charge in [-0.2, -0.15) is 10.2 Å². The van der Waals surface area contributed by atoms with Gasteiger partial charge in [-0.1, -0.05) is 31.2 Å². The van der Waals surface area contributed by atoms with Crippen LogP contribution in [-0.2, 0) is 17.9 Å². The molecule has 0 aliphatic heterocycles. The summed E-state index contributed by atoms with van der Waals surface area (Å²) in [5, 5.41) is 22.5. The maximum Gasteiger partial charge on any atom is 0.312 e. The van der Waals surface area contributed by atoms with Crippen LogP contribution in [-0.4, -0.2) is 30.4 Å². The van der Waals surface area contributed by atoms with Crippen molar-refractivity contribution in [2.45, 2.75) is 40.8 Å². The SMILES string of the molecule is Cc1ccccc1Cn1ccc(NC(=O)C(C)Cn2nc(C)c([N+](=O)[O-])c2C)n1. The summed E-state index contributed by atoms with van der Waals surface area (Å²) in [5.74, 6) is -0.190. The van der Waals surface area contributed by atoms with Crippen molar-refractivity contribution in [3.63, 3.8) is 0 Å². The zero-order valence-electron chi connectivity index (χ0n) is 16.9. The second-order valence-corrected chi connectivity index (χ2v) is 7.17. The Morgan fingerprint density at radius 3 is 2.59 bits per heavy atom. The summed E-state index contributed by atoms with van der Waals surface area (Å²) in [6.45, 7) is 7.89. The second kappa shape index (κ2) is 8.26. The maximum absolute atomic E-state index is 12.5. The lowest BCUT2D eigenvalue weighted by molar-refractivity contribution is -0.386. The monoisotopic (exact) mass is 396 g/mol. The Morgan fingerprint density at radius 2 is 1.93 bits per heavy atom. The third-order valence-electron chi connectivity index (χ3n) is 4.91. The summed E-state index contributed by atoms with van der Waals surface area (Å²) in [6.07, 6.45) is 1.82. The summed E-state index contributed by atoms with van der Waals surface area (Å²) in [6, 6.07) is 9.82. The molecule has 0 radical (unpaired) electrons. The van der Waals surface area contributed by atoms with Crippen molar-refractivity contribution in [2.75, 3.05) is 5.32 Å². The first kappa shape index (κ1) is 20.2. The van der Waals surface area contributed by atoms with Gasteiger partial charge in [0.2, 0.25) is 5.91 Å². The molecule has 0 spiro atoms. The lowest BCUT2D eigenvalue weighted by atomic mass is 10.1. The fraction of sp³-hybridized carbons (Fsp3) is 0.350. The maximum atomic E-state index is 12.5. The topological polar surface area (TPSA) is 108 Å². The van der Waals surface area contributed by atoms with E-state index in [9.17, 15) is 14.9 Å². The number of amides is 1. The highest BCUT2D eigenvalue weighted by Gasteiger charge is 2.24. The van der Waals surface area contributed by atoms with Gasteiger partial charge in [-0.25, -0.2) is 0 Å². The first-order valence-corrected chi connectivity index (χ1v) is 9.33. The number of rotatable bonds is 7. The fourth-order valence-corrected chi connectivity index (χ4v) is 3.20. The zero-order chi connectivity index (χ0) is 21.1. The Kier molecular flexibility index (Phi) is 5.76. The van der Waals surface area contributed by atoms with Gasteiger partial charge in [-0.15, -0.1) is 0 Å². The molecule has 0 aliphatic carbocycles. The van der Waals surface area contributed by atoms with E-state index in [1.54, 1.807) is 31.5 Å². The van der Waals surface area contributed by atoms with Crippen molar-refractivity contribution in [3.8, 4) is 0 Å². The van der Waals surface area contributed by atoms with Crippen molar-refractivity contribution in [1.29, 1.82) is 0 Å². The van der Waals surface area contributed by atoms with Crippen LogP contribution in [0.4, 0.5) is 11.5 Å². The Morgan fingerprint density at radius 1 is 1.21 bits per heavy atom. The highest BCUT2D eigenvalue weighted by atomic mass is 16.6. The van der Waals surface area contributed by atoms with Crippen LogP contribution in [0, 0.1) is 36.8 Å². The van der Waals surface area contributed by atoms with Gasteiger partial charge in [-0.3, -0.25) is 24.3 Å². The number of nitrogens with one attached hydrogen (secondary N) is 1. The predicted octanol–water partition coefficient (Wildman–Crippen LogP) is 3.24. The molecule has 3 rings (SSSR count). The molecule has 29 heavy (non-hydrogen) atoms. The Bertz CT molecular complexity index is 1050. The van der Waals surface area contributed by atoms with Crippen molar-refractivity contribution >= 4 is 17.4 Å². The molecule has 1 N–H and O–H groups in total. The van der Waals surface area contributed by atoms with Crippen LogP contribution in [0.2, 0.25) is 0 Å². The van der Waals surface area contributed by atoms with Crippen molar-refractivity contribution < 1.29 is 9.72 Å². The number of aryl methyl sites for hydroxylation is 2. The van der Waals surface area contributed by atoms with Crippen LogP contribution in [0.25, 0.3) is 0 Å². The summed E-state index contributed by atoms with van der Waals surface area (Å²) < 4.78 is 3.28. The van der Waals surface area contributed by atoms with Crippen LogP contribution in [0.3, 0.4) is 0 Å². The molecule has 2 heterocycles. The normalized spacial score (nSPS) is 12.0. The molecule has 0 bridgehead atoms. The summed E-state index contributed by atoms with van der Waals surface area (Å²) >= 11 is 0. The van der Waals surface area contributed by atoms with Gasteiger partial charge in [0, 0.05) is 12.3 Å². The molecule has 0 saturated heterocycles. The highest BCUT2D eigenvalue weighted by Crippen LogP contribution is 2.22. The molecule has 1 amide bonds. The van der Waals surface area contributed by atoms with Crippen LogP contribution in [0.1, 0.15) is 29.4 Å².